The molecule has 2 aromatic carbocycles. The number of nitrogens with one attached hydrogen (secondary N) is 1. The van der Waals surface area contributed by atoms with Gasteiger partial charge in [-0.15, -0.1) is 0 Å². The molecule has 0 atom stereocenters. The minimum atomic E-state index is -0.335. The molecule has 0 aliphatic carbocycles. The zero-order chi connectivity index (χ0) is 19.2. The molecule has 0 aromatic heterocycles. The number of aryl methyl sites for hydroxylation is 1. The van der Waals surface area contributed by atoms with Gasteiger partial charge in [-0.2, -0.15) is 0 Å². The average Bonchev–Trinajstić information content (AvgIpc) is 2.60. The van der Waals surface area contributed by atoms with E-state index in [4.69, 9.17) is 9.47 Å². The van der Waals surface area contributed by atoms with Crippen molar-refractivity contribution in [2.45, 2.75) is 46.4 Å². The van der Waals surface area contributed by atoms with Crippen LogP contribution in [-0.2, 0) is 13.2 Å². The first kappa shape index (κ1) is 20.7. The Morgan fingerprint density at radius 1 is 1.12 bits per heavy atom. The third-order valence-electron chi connectivity index (χ3n) is 4.00. The molecule has 0 bridgehead atoms. The molecular weight excluding hydrogens is 394 g/mol. The summed E-state index contributed by atoms with van der Waals surface area (Å²) in [7, 11) is 0. The number of aliphatic hydroxyl groups excluding tert-OH is 1. The second-order valence-electron chi connectivity index (χ2n) is 7.01. The van der Waals surface area contributed by atoms with Crippen LogP contribution in [0.3, 0.4) is 0 Å². The van der Waals surface area contributed by atoms with Crippen molar-refractivity contribution in [2.24, 2.45) is 0 Å². The summed E-state index contributed by atoms with van der Waals surface area (Å²) in [6.07, 6.45) is 0. The molecule has 0 saturated heterocycles. The summed E-state index contributed by atoms with van der Waals surface area (Å²) in [5.74, 6) is 1.42. The first-order valence-electron chi connectivity index (χ1n) is 8.84. The van der Waals surface area contributed by atoms with Crippen molar-refractivity contribution in [3.63, 3.8) is 0 Å². The molecule has 0 aliphatic heterocycles. The third kappa shape index (κ3) is 6.01. The van der Waals surface area contributed by atoms with Crippen molar-refractivity contribution in [3.8, 4) is 11.5 Å². The van der Waals surface area contributed by atoms with Crippen LogP contribution in [-0.4, -0.2) is 23.9 Å². The van der Waals surface area contributed by atoms with Crippen molar-refractivity contribution in [1.82, 2.24) is 5.32 Å². The monoisotopic (exact) mass is 421 g/mol. The highest BCUT2D eigenvalue weighted by Gasteiger charge is 2.17. The minimum absolute atomic E-state index is 0.0736. The maximum Gasteiger partial charge on any atom is 0.175 e. The lowest BCUT2D eigenvalue weighted by atomic mass is 10.1. The molecule has 0 spiro atoms. The van der Waals surface area contributed by atoms with Gasteiger partial charge < -0.3 is 19.9 Å². The van der Waals surface area contributed by atoms with E-state index in [1.54, 1.807) is 0 Å². The van der Waals surface area contributed by atoms with Crippen LogP contribution >= 0.6 is 15.9 Å². The van der Waals surface area contributed by atoms with Crippen LogP contribution in [0.1, 0.15) is 37.5 Å². The number of hydrogen-bond acceptors (Lipinski definition) is 4. The number of benzene rings is 2. The zero-order valence-electron chi connectivity index (χ0n) is 15.9. The van der Waals surface area contributed by atoms with Gasteiger partial charge in [0.05, 0.1) is 17.7 Å². The van der Waals surface area contributed by atoms with Crippen molar-refractivity contribution in [2.75, 3.05) is 13.2 Å². The summed E-state index contributed by atoms with van der Waals surface area (Å²) in [5, 5.41) is 12.7. The largest absolute Gasteiger partial charge is 0.490 e. The van der Waals surface area contributed by atoms with E-state index in [1.807, 2.05) is 39.0 Å². The second-order valence-corrected chi connectivity index (χ2v) is 7.87. The van der Waals surface area contributed by atoms with Crippen LogP contribution in [0.5, 0.6) is 11.5 Å². The normalized spacial score (nSPS) is 11.5. The average molecular weight is 422 g/mol. The first-order chi connectivity index (χ1) is 12.3. The summed E-state index contributed by atoms with van der Waals surface area (Å²) in [5.41, 5.74) is 3.06. The van der Waals surface area contributed by atoms with Crippen LogP contribution in [0.2, 0.25) is 0 Å². The number of hydrogen-bond donors (Lipinski definition) is 2. The van der Waals surface area contributed by atoms with E-state index in [0.717, 1.165) is 15.6 Å². The Labute approximate surface area is 164 Å². The lowest BCUT2D eigenvalue weighted by Gasteiger charge is -2.24. The quantitative estimate of drug-likeness (QED) is 0.621. The highest BCUT2D eigenvalue weighted by atomic mass is 79.9. The summed E-state index contributed by atoms with van der Waals surface area (Å²) in [6, 6.07) is 12.3. The van der Waals surface area contributed by atoms with E-state index in [1.165, 1.54) is 5.56 Å². The molecule has 0 aliphatic rings. The molecular formula is C21H28BrNO3. The topological polar surface area (TPSA) is 50.7 Å². The number of rotatable bonds is 9. The number of halogens is 1. The standard InChI is InChI=1S/C21H28BrNO3/c1-5-25-19-11-17(12-23-21(3,4)14-24)10-18(22)20(19)26-13-16-8-6-7-15(2)9-16/h6-11,23-24H,5,12-14H2,1-4H3. The zero-order valence-corrected chi connectivity index (χ0v) is 17.5. The van der Waals surface area contributed by atoms with Gasteiger partial charge in [-0.25, -0.2) is 0 Å². The molecule has 2 aromatic rings. The SMILES string of the molecule is CCOc1cc(CNC(C)(C)CO)cc(Br)c1OCc1cccc(C)c1. The molecule has 0 heterocycles. The predicted molar refractivity (Wildman–Crippen MR) is 109 cm³/mol. The van der Waals surface area contributed by atoms with Crippen LogP contribution in [0.25, 0.3) is 0 Å². The molecule has 2 N–H and O–H groups in total. The summed E-state index contributed by atoms with van der Waals surface area (Å²) in [4.78, 5) is 0. The Hall–Kier alpha value is -1.56. The fourth-order valence-corrected chi connectivity index (χ4v) is 3.09. The molecule has 26 heavy (non-hydrogen) atoms. The molecule has 0 saturated carbocycles. The van der Waals surface area contributed by atoms with Crippen LogP contribution in [0.15, 0.2) is 40.9 Å². The Balaban J connectivity index is 2.17. The molecule has 0 radical (unpaired) electrons. The lowest BCUT2D eigenvalue weighted by molar-refractivity contribution is 0.187. The number of ether oxygens (including phenoxy) is 2. The smallest absolute Gasteiger partial charge is 0.175 e. The second kappa shape index (κ2) is 9.40. The van der Waals surface area contributed by atoms with Crippen LogP contribution in [0.4, 0.5) is 0 Å². The maximum absolute atomic E-state index is 9.39. The predicted octanol–water partition coefficient (Wildman–Crippen LogP) is 4.60. The Morgan fingerprint density at radius 3 is 2.54 bits per heavy atom. The van der Waals surface area contributed by atoms with E-state index in [9.17, 15) is 5.11 Å². The molecule has 0 unspecified atom stereocenters. The van der Waals surface area contributed by atoms with Crippen LogP contribution < -0.4 is 14.8 Å². The summed E-state index contributed by atoms with van der Waals surface area (Å²) < 4.78 is 12.7. The van der Waals surface area contributed by atoms with E-state index in [0.29, 0.717) is 31.3 Å². The fraction of sp³-hybridized carbons (Fsp3) is 0.429. The number of aliphatic hydroxyl groups is 1. The fourth-order valence-electron chi connectivity index (χ4n) is 2.48. The van der Waals surface area contributed by atoms with Gasteiger partial charge in [0.15, 0.2) is 11.5 Å². The molecule has 2 rings (SSSR count). The molecule has 142 valence electrons. The molecule has 0 amide bonds. The van der Waals surface area contributed by atoms with E-state index in [-0.39, 0.29) is 12.1 Å². The Morgan fingerprint density at radius 2 is 1.88 bits per heavy atom. The van der Waals surface area contributed by atoms with Crippen molar-refractivity contribution < 1.29 is 14.6 Å². The van der Waals surface area contributed by atoms with Gasteiger partial charge in [0.25, 0.3) is 0 Å². The Kier molecular flexibility index (Phi) is 7.50. The molecule has 0 fully saturated rings. The highest BCUT2D eigenvalue weighted by Crippen LogP contribution is 2.37. The lowest BCUT2D eigenvalue weighted by Crippen LogP contribution is -2.42. The maximum atomic E-state index is 9.39. The summed E-state index contributed by atoms with van der Waals surface area (Å²) >= 11 is 3.61. The van der Waals surface area contributed by atoms with E-state index in [2.05, 4.69) is 46.4 Å². The summed E-state index contributed by atoms with van der Waals surface area (Å²) in [6.45, 7) is 9.70. The van der Waals surface area contributed by atoms with Crippen LogP contribution in [0, 0.1) is 6.92 Å². The van der Waals surface area contributed by atoms with Crippen molar-refractivity contribution in [1.29, 1.82) is 0 Å². The first-order valence-corrected chi connectivity index (χ1v) is 9.63. The third-order valence-corrected chi connectivity index (χ3v) is 4.59. The van der Waals surface area contributed by atoms with Gasteiger partial charge in [0.2, 0.25) is 0 Å². The van der Waals surface area contributed by atoms with Crippen molar-refractivity contribution >= 4 is 15.9 Å². The van der Waals surface area contributed by atoms with E-state index < -0.39 is 0 Å². The van der Waals surface area contributed by atoms with Gasteiger partial charge in [-0.05, 0) is 66.9 Å². The Bertz CT molecular complexity index is 731. The van der Waals surface area contributed by atoms with Gasteiger partial charge in [-0.1, -0.05) is 29.8 Å². The van der Waals surface area contributed by atoms with Crippen molar-refractivity contribution in [3.05, 3.63) is 57.6 Å². The molecule has 4 nitrogen and oxygen atoms in total. The van der Waals surface area contributed by atoms with Gasteiger partial charge in [0, 0.05) is 12.1 Å². The highest BCUT2D eigenvalue weighted by molar-refractivity contribution is 9.10. The molecule has 5 heteroatoms. The van der Waals surface area contributed by atoms with Gasteiger partial charge in [0.1, 0.15) is 6.61 Å². The van der Waals surface area contributed by atoms with Gasteiger partial charge in [-0.3, -0.25) is 0 Å². The van der Waals surface area contributed by atoms with Gasteiger partial charge >= 0.3 is 0 Å². The minimum Gasteiger partial charge on any atom is -0.490 e. The van der Waals surface area contributed by atoms with E-state index >= 15 is 0 Å².